The van der Waals surface area contributed by atoms with Crippen LogP contribution in [-0.2, 0) is 0 Å². The molecule has 1 atom stereocenters. The number of halogens is 1. The molecule has 0 N–H and O–H groups in total. The Morgan fingerprint density at radius 2 is 2.07 bits per heavy atom. The zero-order valence-electron chi connectivity index (χ0n) is 10.6. The summed E-state index contributed by atoms with van der Waals surface area (Å²) in [6, 6.07) is 0. The SMILES string of the molecule is CC1CCC(C)(C)CN(CCCCBr)C1. The highest BCUT2D eigenvalue weighted by molar-refractivity contribution is 9.09. The van der Waals surface area contributed by atoms with Gasteiger partial charge in [-0.25, -0.2) is 0 Å². The van der Waals surface area contributed by atoms with E-state index in [1.54, 1.807) is 0 Å². The molecule has 0 spiro atoms. The molecule has 1 aliphatic rings. The van der Waals surface area contributed by atoms with E-state index in [0.29, 0.717) is 5.41 Å². The molecule has 1 fully saturated rings. The quantitative estimate of drug-likeness (QED) is 0.555. The minimum Gasteiger partial charge on any atom is -0.303 e. The second-order valence-corrected chi connectivity index (χ2v) is 6.73. The van der Waals surface area contributed by atoms with Gasteiger partial charge in [-0.15, -0.1) is 0 Å². The molecule has 2 heteroatoms. The van der Waals surface area contributed by atoms with Gasteiger partial charge >= 0.3 is 0 Å². The van der Waals surface area contributed by atoms with Gasteiger partial charge in [-0.3, -0.25) is 0 Å². The van der Waals surface area contributed by atoms with Crippen molar-refractivity contribution in [3.05, 3.63) is 0 Å². The first-order chi connectivity index (χ1) is 7.03. The minimum atomic E-state index is 0.527. The van der Waals surface area contributed by atoms with Crippen LogP contribution in [-0.4, -0.2) is 29.9 Å². The maximum absolute atomic E-state index is 3.51. The number of nitrogens with zero attached hydrogens (tertiary/aromatic N) is 1. The number of rotatable bonds is 4. The molecular weight excluding hydrogens is 250 g/mol. The number of unbranched alkanes of at least 4 members (excludes halogenated alkanes) is 1. The zero-order chi connectivity index (χ0) is 11.3. The van der Waals surface area contributed by atoms with Crippen LogP contribution in [0, 0.1) is 11.3 Å². The van der Waals surface area contributed by atoms with E-state index in [9.17, 15) is 0 Å². The molecule has 1 saturated heterocycles. The number of hydrogen-bond acceptors (Lipinski definition) is 1. The Morgan fingerprint density at radius 3 is 2.73 bits per heavy atom. The van der Waals surface area contributed by atoms with Crippen molar-refractivity contribution in [2.75, 3.05) is 25.0 Å². The van der Waals surface area contributed by atoms with Crippen molar-refractivity contribution in [3.63, 3.8) is 0 Å². The van der Waals surface area contributed by atoms with E-state index in [1.807, 2.05) is 0 Å². The van der Waals surface area contributed by atoms with Crippen LogP contribution in [0.1, 0.15) is 46.5 Å². The minimum absolute atomic E-state index is 0.527. The highest BCUT2D eigenvalue weighted by Gasteiger charge is 2.26. The van der Waals surface area contributed by atoms with Gasteiger partial charge in [-0.05, 0) is 43.6 Å². The van der Waals surface area contributed by atoms with Gasteiger partial charge in [0.15, 0.2) is 0 Å². The summed E-state index contributed by atoms with van der Waals surface area (Å²) in [5.41, 5.74) is 0.527. The molecule has 90 valence electrons. The molecule has 1 unspecified atom stereocenters. The Balaban J connectivity index is 2.39. The number of alkyl halides is 1. The Hall–Kier alpha value is 0.440. The van der Waals surface area contributed by atoms with Crippen LogP contribution in [0.25, 0.3) is 0 Å². The van der Waals surface area contributed by atoms with Gasteiger partial charge in [0, 0.05) is 18.4 Å². The molecule has 15 heavy (non-hydrogen) atoms. The van der Waals surface area contributed by atoms with Gasteiger partial charge in [0.1, 0.15) is 0 Å². The fourth-order valence-electron chi connectivity index (χ4n) is 2.52. The normalized spacial score (nSPS) is 27.6. The molecule has 1 nitrogen and oxygen atoms in total. The van der Waals surface area contributed by atoms with E-state index >= 15 is 0 Å². The Morgan fingerprint density at radius 1 is 1.33 bits per heavy atom. The van der Waals surface area contributed by atoms with Crippen LogP contribution >= 0.6 is 15.9 Å². The fraction of sp³-hybridized carbons (Fsp3) is 1.00. The third kappa shape index (κ3) is 5.35. The lowest BCUT2D eigenvalue weighted by Gasteiger charge is -2.29. The first kappa shape index (κ1) is 13.5. The standard InChI is InChI=1S/C13H26BrN/c1-12-6-7-13(2,3)11-15(10-12)9-5-4-8-14/h12H,4-11H2,1-3H3. The summed E-state index contributed by atoms with van der Waals surface area (Å²) in [5, 5.41) is 1.15. The molecular formula is C13H26BrN. The van der Waals surface area contributed by atoms with Crippen LogP contribution in [0.5, 0.6) is 0 Å². The first-order valence-corrected chi connectivity index (χ1v) is 7.44. The van der Waals surface area contributed by atoms with Gasteiger partial charge < -0.3 is 4.90 Å². The van der Waals surface area contributed by atoms with E-state index < -0.39 is 0 Å². The van der Waals surface area contributed by atoms with Crippen LogP contribution in [0.15, 0.2) is 0 Å². The fourth-order valence-corrected chi connectivity index (χ4v) is 2.91. The molecule has 0 aromatic rings. The summed E-state index contributed by atoms with van der Waals surface area (Å²) in [5.74, 6) is 0.885. The molecule has 0 radical (unpaired) electrons. The molecule has 0 saturated carbocycles. The smallest absolute Gasteiger partial charge is 0.00328 e. The van der Waals surface area contributed by atoms with Gasteiger partial charge in [0.25, 0.3) is 0 Å². The predicted molar refractivity (Wildman–Crippen MR) is 71.6 cm³/mol. The molecule has 0 bridgehead atoms. The summed E-state index contributed by atoms with van der Waals surface area (Å²) in [6.45, 7) is 11.1. The molecule has 1 heterocycles. The van der Waals surface area contributed by atoms with Crippen LogP contribution in [0.3, 0.4) is 0 Å². The molecule has 0 aromatic heterocycles. The summed E-state index contributed by atoms with van der Waals surface area (Å²) >= 11 is 3.51. The lowest BCUT2D eigenvalue weighted by Crippen LogP contribution is -2.34. The lowest BCUT2D eigenvalue weighted by molar-refractivity contribution is 0.187. The van der Waals surface area contributed by atoms with Crippen molar-refractivity contribution in [1.82, 2.24) is 4.90 Å². The topological polar surface area (TPSA) is 3.24 Å². The van der Waals surface area contributed by atoms with E-state index in [0.717, 1.165) is 11.2 Å². The van der Waals surface area contributed by atoms with Gasteiger partial charge in [0.05, 0.1) is 0 Å². The van der Waals surface area contributed by atoms with Crippen LogP contribution in [0.2, 0.25) is 0 Å². The van der Waals surface area contributed by atoms with Gasteiger partial charge in [0.2, 0.25) is 0 Å². The third-order valence-corrected chi connectivity index (χ3v) is 3.95. The predicted octanol–water partition coefficient (Wildman–Crippen LogP) is 3.92. The van der Waals surface area contributed by atoms with Crippen molar-refractivity contribution >= 4 is 15.9 Å². The first-order valence-electron chi connectivity index (χ1n) is 6.32. The summed E-state index contributed by atoms with van der Waals surface area (Å²) < 4.78 is 0. The molecule has 0 amide bonds. The van der Waals surface area contributed by atoms with Crippen molar-refractivity contribution < 1.29 is 0 Å². The summed E-state index contributed by atoms with van der Waals surface area (Å²) in [7, 11) is 0. The van der Waals surface area contributed by atoms with Crippen molar-refractivity contribution in [2.45, 2.75) is 46.5 Å². The lowest BCUT2D eigenvalue weighted by atomic mass is 9.87. The Kier molecular flexibility index (Phi) is 5.62. The van der Waals surface area contributed by atoms with Crippen molar-refractivity contribution in [3.8, 4) is 0 Å². The number of likely N-dealkylation sites (tertiary alicyclic amines) is 1. The Labute approximate surface area is 104 Å². The van der Waals surface area contributed by atoms with Crippen molar-refractivity contribution in [2.24, 2.45) is 11.3 Å². The van der Waals surface area contributed by atoms with E-state index in [2.05, 4.69) is 41.6 Å². The largest absolute Gasteiger partial charge is 0.303 e. The van der Waals surface area contributed by atoms with E-state index in [1.165, 1.54) is 45.3 Å². The molecule has 0 aliphatic carbocycles. The second-order valence-electron chi connectivity index (χ2n) is 5.94. The molecule has 1 rings (SSSR count). The zero-order valence-corrected chi connectivity index (χ0v) is 12.1. The van der Waals surface area contributed by atoms with Crippen LogP contribution in [0.4, 0.5) is 0 Å². The average molecular weight is 276 g/mol. The molecule has 1 aliphatic heterocycles. The summed E-state index contributed by atoms with van der Waals surface area (Å²) in [4.78, 5) is 2.68. The molecule has 0 aromatic carbocycles. The average Bonchev–Trinajstić information content (AvgIpc) is 2.26. The maximum Gasteiger partial charge on any atom is 0.00328 e. The maximum atomic E-state index is 3.51. The van der Waals surface area contributed by atoms with Crippen molar-refractivity contribution in [1.29, 1.82) is 0 Å². The number of hydrogen-bond donors (Lipinski definition) is 0. The highest BCUT2D eigenvalue weighted by Crippen LogP contribution is 2.30. The van der Waals surface area contributed by atoms with Crippen LogP contribution < -0.4 is 0 Å². The second kappa shape index (κ2) is 6.24. The summed E-state index contributed by atoms with van der Waals surface area (Å²) in [6.07, 6.45) is 5.45. The monoisotopic (exact) mass is 275 g/mol. The van der Waals surface area contributed by atoms with E-state index in [-0.39, 0.29) is 0 Å². The Bertz CT molecular complexity index is 179. The van der Waals surface area contributed by atoms with E-state index in [4.69, 9.17) is 0 Å². The van der Waals surface area contributed by atoms with Gasteiger partial charge in [-0.1, -0.05) is 36.7 Å². The third-order valence-electron chi connectivity index (χ3n) is 3.39. The highest BCUT2D eigenvalue weighted by atomic mass is 79.9. The van der Waals surface area contributed by atoms with Gasteiger partial charge in [-0.2, -0.15) is 0 Å².